The molecule has 1 aliphatic rings. The molecule has 1 rings (SSSR count). The molecule has 0 heterocycles. The van der Waals surface area contributed by atoms with Gasteiger partial charge >= 0.3 is 0 Å². The van der Waals surface area contributed by atoms with E-state index in [0.717, 1.165) is 0 Å². The average molecular weight is 527 g/mol. The number of Topliss-reactive ketones (excluding diaryl/α,β-unsaturated/α-hetero) is 1. The monoisotopic (exact) mass is 522 g/mol. The largest absolute Gasteiger partial charge is 0.295 e. The fourth-order valence-electron chi connectivity index (χ4n) is 0.987. The molecule has 1 fully saturated rings. The van der Waals surface area contributed by atoms with Crippen molar-refractivity contribution in [2.75, 3.05) is 0 Å². The molecule has 1 nitrogen and oxygen atoms in total. The van der Waals surface area contributed by atoms with Crippen LogP contribution in [0.3, 0.4) is 0 Å². The van der Waals surface area contributed by atoms with E-state index in [4.69, 9.17) is 11.6 Å². The second kappa shape index (κ2) is 4.70. The minimum Gasteiger partial charge on any atom is -0.295 e. The molecule has 0 aromatic heterocycles. The van der Waals surface area contributed by atoms with Crippen LogP contribution in [0.2, 0.25) is 0 Å². The number of hydrogen-bond donors (Lipinski definition) is 0. The van der Waals surface area contributed by atoms with Crippen LogP contribution in [0, 0.1) is 0 Å². The summed E-state index contributed by atoms with van der Waals surface area (Å²) in [4.78, 5) is 11.4. The molecule has 5 unspecified atom stereocenters. The maximum absolute atomic E-state index is 11.7. The van der Waals surface area contributed by atoms with E-state index in [9.17, 15) is 4.79 Å². The van der Waals surface area contributed by atoms with Gasteiger partial charge in [0.05, 0.1) is 9.65 Å². The molecular weight excluding hydrogens is 523 g/mol. The van der Waals surface area contributed by atoms with Gasteiger partial charge in [-0.3, -0.25) is 4.79 Å². The summed E-state index contributed by atoms with van der Waals surface area (Å²) in [6.45, 7) is 0. The maximum atomic E-state index is 11.7. The third-order valence-electron chi connectivity index (χ3n) is 1.79. The van der Waals surface area contributed by atoms with Crippen molar-refractivity contribution < 1.29 is 4.79 Å². The van der Waals surface area contributed by atoms with E-state index in [2.05, 4.69) is 79.6 Å². The molecule has 0 N–H and O–H groups in total. The van der Waals surface area contributed by atoms with E-state index >= 15 is 0 Å². The minimum atomic E-state index is -1.04. The second-order valence-corrected chi connectivity index (χ2v) is 9.07. The molecule has 0 aromatic carbocycles. The van der Waals surface area contributed by atoms with Gasteiger partial charge in [-0.1, -0.05) is 91.3 Å². The first-order chi connectivity index (χ1) is 5.80. The number of ketones is 1. The standard InChI is InChI=1S/C6H4Br5ClO/c7-1-2(8)4(10)6(11,12)5(13)3(1)9/h1-4H. The predicted octanol–water partition coefficient (Wildman–Crippen LogP) is 3.95. The van der Waals surface area contributed by atoms with Crippen LogP contribution in [0.15, 0.2) is 0 Å². The van der Waals surface area contributed by atoms with Crippen molar-refractivity contribution in [3.8, 4) is 0 Å². The molecule has 0 amide bonds. The highest BCUT2D eigenvalue weighted by atomic mass is 79.9. The summed E-state index contributed by atoms with van der Waals surface area (Å²) in [7, 11) is 0. The number of alkyl halides is 6. The Morgan fingerprint density at radius 1 is 1.15 bits per heavy atom. The van der Waals surface area contributed by atoms with Crippen LogP contribution in [0.4, 0.5) is 0 Å². The van der Waals surface area contributed by atoms with Gasteiger partial charge in [0, 0.05) is 9.65 Å². The summed E-state index contributed by atoms with van der Waals surface area (Å²) >= 11 is 22.9. The third kappa shape index (κ3) is 2.38. The molecule has 1 aliphatic carbocycles. The van der Waals surface area contributed by atoms with Gasteiger partial charge in [-0.2, -0.15) is 0 Å². The summed E-state index contributed by atoms with van der Waals surface area (Å²) in [5.74, 6) is -0.0754. The Labute approximate surface area is 123 Å². The van der Waals surface area contributed by atoms with Gasteiger partial charge in [-0.25, -0.2) is 0 Å². The lowest BCUT2D eigenvalue weighted by atomic mass is 9.98. The molecule has 0 saturated heterocycles. The fourth-order valence-corrected chi connectivity index (χ4v) is 6.03. The maximum Gasteiger partial charge on any atom is 0.180 e. The Morgan fingerprint density at radius 3 is 2.08 bits per heavy atom. The summed E-state index contributed by atoms with van der Waals surface area (Å²) < 4.78 is -1.04. The molecule has 0 aromatic rings. The molecule has 0 bridgehead atoms. The van der Waals surface area contributed by atoms with Crippen molar-refractivity contribution in [2.45, 2.75) is 23.1 Å². The Bertz CT molecular complexity index is 233. The summed E-state index contributed by atoms with van der Waals surface area (Å²) in [5.41, 5.74) is 0. The minimum absolute atomic E-state index is 0.0220. The summed E-state index contributed by atoms with van der Waals surface area (Å²) in [5, 5.41) is 0. The van der Waals surface area contributed by atoms with E-state index in [1.165, 1.54) is 0 Å². The molecule has 5 atom stereocenters. The highest BCUT2D eigenvalue weighted by Crippen LogP contribution is 2.47. The number of halogens is 6. The number of hydrogen-bond acceptors (Lipinski definition) is 1. The van der Waals surface area contributed by atoms with Gasteiger partial charge in [0.1, 0.15) is 0 Å². The quantitative estimate of drug-likeness (QED) is 0.437. The van der Waals surface area contributed by atoms with Crippen LogP contribution in [-0.2, 0) is 4.79 Å². The summed E-state index contributed by atoms with van der Waals surface area (Å²) in [6.07, 6.45) is 0. The predicted molar refractivity (Wildman–Crippen MR) is 73.4 cm³/mol. The number of carbonyl (C=O) groups is 1. The van der Waals surface area contributed by atoms with Crippen LogP contribution >= 0.6 is 91.3 Å². The van der Waals surface area contributed by atoms with Crippen molar-refractivity contribution in [1.82, 2.24) is 0 Å². The van der Waals surface area contributed by atoms with Crippen molar-refractivity contribution in [3.05, 3.63) is 0 Å². The van der Waals surface area contributed by atoms with Gasteiger partial charge in [0.25, 0.3) is 0 Å². The second-order valence-electron chi connectivity index (χ2n) is 2.68. The lowest BCUT2D eigenvalue weighted by Gasteiger charge is -2.39. The van der Waals surface area contributed by atoms with Crippen LogP contribution in [0.1, 0.15) is 0 Å². The SMILES string of the molecule is O=C1C(Br)C(Br)C(Br)C(Br)C1(Cl)Br. The van der Waals surface area contributed by atoms with E-state index in [1.807, 2.05) is 0 Å². The van der Waals surface area contributed by atoms with Gasteiger partial charge in [-0.15, -0.1) is 0 Å². The lowest BCUT2D eigenvalue weighted by Crippen LogP contribution is -2.56. The van der Waals surface area contributed by atoms with E-state index in [-0.39, 0.29) is 25.1 Å². The van der Waals surface area contributed by atoms with Crippen molar-refractivity contribution >= 4 is 97.0 Å². The van der Waals surface area contributed by atoms with E-state index < -0.39 is 3.78 Å². The Kier molecular flexibility index (Phi) is 4.85. The topological polar surface area (TPSA) is 17.1 Å². The van der Waals surface area contributed by atoms with Gasteiger partial charge in [0.15, 0.2) is 9.57 Å². The fraction of sp³-hybridized carbons (Fsp3) is 0.833. The van der Waals surface area contributed by atoms with Crippen LogP contribution in [0.5, 0.6) is 0 Å². The molecular formula is C6H4Br5ClO. The van der Waals surface area contributed by atoms with Crippen molar-refractivity contribution in [3.63, 3.8) is 0 Å². The zero-order chi connectivity index (χ0) is 10.4. The van der Waals surface area contributed by atoms with Gasteiger partial charge < -0.3 is 0 Å². The van der Waals surface area contributed by atoms with Gasteiger partial charge in [0.2, 0.25) is 0 Å². The van der Waals surface area contributed by atoms with Gasteiger partial charge in [-0.05, 0) is 0 Å². The molecule has 0 radical (unpaired) electrons. The third-order valence-corrected chi connectivity index (χ3v) is 10.5. The van der Waals surface area contributed by atoms with Crippen molar-refractivity contribution in [1.29, 1.82) is 0 Å². The first-order valence-corrected chi connectivity index (χ1v) is 8.12. The van der Waals surface area contributed by atoms with Crippen LogP contribution in [0.25, 0.3) is 0 Å². The highest BCUT2D eigenvalue weighted by molar-refractivity contribution is 9.15. The zero-order valence-corrected chi connectivity index (χ0v) is 14.7. The molecule has 1 saturated carbocycles. The van der Waals surface area contributed by atoms with Crippen LogP contribution < -0.4 is 0 Å². The Hall–Kier alpha value is 2.36. The molecule has 0 aliphatic heterocycles. The average Bonchev–Trinajstić information content (AvgIpc) is 2.09. The van der Waals surface area contributed by atoms with E-state index in [0.29, 0.717) is 0 Å². The molecule has 76 valence electrons. The molecule has 13 heavy (non-hydrogen) atoms. The summed E-state index contributed by atoms with van der Waals surface area (Å²) in [6, 6.07) is 0. The first kappa shape index (κ1) is 13.4. The number of carbonyl (C=O) groups excluding carboxylic acids is 1. The lowest BCUT2D eigenvalue weighted by molar-refractivity contribution is -0.119. The smallest absolute Gasteiger partial charge is 0.180 e. The Morgan fingerprint density at radius 2 is 1.62 bits per heavy atom. The molecule has 0 spiro atoms. The normalized spacial score (nSPS) is 52.3. The Balaban J connectivity index is 3.00. The first-order valence-electron chi connectivity index (χ1n) is 3.28. The molecule has 7 heteroatoms. The zero-order valence-electron chi connectivity index (χ0n) is 5.99. The highest BCUT2D eigenvalue weighted by Gasteiger charge is 2.54. The van der Waals surface area contributed by atoms with Crippen molar-refractivity contribution in [2.24, 2.45) is 0 Å². The van der Waals surface area contributed by atoms with Crippen LogP contribution in [-0.4, -0.2) is 28.9 Å². The number of rotatable bonds is 0. The van der Waals surface area contributed by atoms with E-state index in [1.54, 1.807) is 0 Å².